The molecule has 0 amide bonds. The Kier molecular flexibility index (Phi) is 5.91. The highest BCUT2D eigenvalue weighted by molar-refractivity contribution is 5.37. The van der Waals surface area contributed by atoms with Gasteiger partial charge in [-0.15, -0.1) is 0 Å². The molecule has 0 spiro atoms. The number of rotatable bonds is 5. The minimum absolute atomic E-state index is 0. The number of benzene rings is 2. The van der Waals surface area contributed by atoms with Crippen LogP contribution in [0.15, 0.2) is 60.7 Å². The van der Waals surface area contributed by atoms with Gasteiger partial charge >= 0.3 is 0 Å². The van der Waals surface area contributed by atoms with Crippen molar-refractivity contribution in [1.29, 1.82) is 0 Å². The summed E-state index contributed by atoms with van der Waals surface area (Å²) in [6.07, 6.45) is 3.74. The summed E-state index contributed by atoms with van der Waals surface area (Å²) >= 11 is 0. The van der Waals surface area contributed by atoms with Crippen molar-refractivity contribution in [2.45, 2.75) is 31.8 Å². The molecule has 26 heavy (non-hydrogen) atoms. The minimum Gasteiger partial charge on any atom is -1.00 e. The van der Waals surface area contributed by atoms with E-state index in [-0.39, 0.29) is 17.0 Å². The van der Waals surface area contributed by atoms with Crippen molar-refractivity contribution >= 4 is 0 Å². The molecule has 140 valence electrons. The topological polar surface area (TPSA) is 20.2 Å². The fourth-order valence-corrected chi connectivity index (χ4v) is 5.53. The Balaban J connectivity index is 0.00000196. The Labute approximate surface area is 168 Å². The lowest BCUT2D eigenvalue weighted by Gasteiger charge is -2.56. The highest BCUT2D eigenvalue weighted by Crippen LogP contribution is 2.49. The maximum absolute atomic E-state index is 12.2. The van der Waals surface area contributed by atoms with Crippen LogP contribution in [0.5, 0.6) is 0 Å². The smallest absolute Gasteiger partial charge is 0.123 e. The molecule has 2 bridgehead atoms. The molecule has 0 saturated carbocycles. The molecule has 3 aliphatic rings. The van der Waals surface area contributed by atoms with Crippen molar-refractivity contribution in [3.63, 3.8) is 0 Å². The lowest BCUT2D eigenvalue weighted by atomic mass is 9.64. The van der Waals surface area contributed by atoms with Gasteiger partial charge in [-0.3, -0.25) is 0 Å². The molecule has 0 radical (unpaired) electrons. The molecule has 0 aliphatic carbocycles. The van der Waals surface area contributed by atoms with E-state index in [0.717, 1.165) is 17.7 Å². The number of fused-ring (bicyclic) bond motifs is 3. The minimum atomic E-state index is -0.884. The Morgan fingerprint density at radius 3 is 1.88 bits per heavy atom. The molecule has 3 fully saturated rings. The molecule has 2 aromatic carbocycles. The first kappa shape index (κ1) is 19.6. The van der Waals surface area contributed by atoms with Crippen molar-refractivity contribution in [3.05, 3.63) is 71.8 Å². The molecule has 3 aliphatic heterocycles. The first-order chi connectivity index (χ1) is 12.2. The zero-order valence-electron chi connectivity index (χ0n) is 15.7. The Bertz CT molecular complexity index is 650. The molecule has 3 saturated heterocycles. The Hall–Kier alpha value is -1.16. The maximum Gasteiger partial charge on any atom is 0.123 e. The number of nitrogens with zero attached hydrogens (tertiary/aromatic N) is 1. The summed E-state index contributed by atoms with van der Waals surface area (Å²) < 4.78 is 1.21. The first-order valence-electron chi connectivity index (χ1n) is 9.86. The van der Waals surface area contributed by atoms with Crippen LogP contribution < -0.4 is 17.0 Å². The van der Waals surface area contributed by atoms with E-state index in [1.54, 1.807) is 0 Å². The van der Waals surface area contributed by atoms with E-state index < -0.39 is 5.60 Å². The summed E-state index contributed by atoms with van der Waals surface area (Å²) in [7, 11) is 0. The predicted molar refractivity (Wildman–Crippen MR) is 102 cm³/mol. The van der Waals surface area contributed by atoms with E-state index in [9.17, 15) is 5.11 Å². The van der Waals surface area contributed by atoms with E-state index in [4.69, 9.17) is 0 Å². The van der Waals surface area contributed by atoms with Crippen LogP contribution in [0.1, 0.15) is 37.3 Å². The van der Waals surface area contributed by atoms with Crippen molar-refractivity contribution < 1.29 is 26.6 Å². The van der Waals surface area contributed by atoms with Crippen molar-refractivity contribution in [2.24, 2.45) is 11.8 Å². The van der Waals surface area contributed by atoms with Gasteiger partial charge in [0.15, 0.2) is 0 Å². The second-order valence-electron chi connectivity index (χ2n) is 8.14. The number of hydrogen-bond donors (Lipinski definition) is 1. The second kappa shape index (κ2) is 7.84. The van der Waals surface area contributed by atoms with Crippen LogP contribution in [-0.2, 0) is 5.60 Å². The molecule has 0 aromatic heterocycles. The zero-order valence-corrected chi connectivity index (χ0v) is 17.2. The van der Waals surface area contributed by atoms with Crippen LogP contribution in [0.3, 0.4) is 0 Å². The van der Waals surface area contributed by atoms with Gasteiger partial charge in [0.1, 0.15) is 5.60 Å². The third-order valence-electron chi connectivity index (χ3n) is 6.76. The highest BCUT2D eigenvalue weighted by Gasteiger charge is 2.54. The average molecular weight is 416 g/mol. The fourth-order valence-electron chi connectivity index (χ4n) is 5.53. The van der Waals surface area contributed by atoms with Gasteiger partial charge in [0.25, 0.3) is 0 Å². The molecule has 5 rings (SSSR count). The Morgan fingerprint density at radius 1 is 0.923 bits per heavy atom. The van der Waals surface area contributed by atoms with Crippen LogP contribution in [0, 0.1) is 11.8 Å². The van der Waals surface area contributed by atoms with Crippen molar-refractivity contribution in [3.8, 4) is 0 Å². The van der Waals surface area contributed by atoms with Crippen LogP contribution in [-0.4, -0.2) is 35.8 Å². The number of halogens is 1. The van der Waals surface area contributed by atoms with E-state index in [1.807, 2.05) is 12.1 Å². The van der Waals surface area contributed by atoms with Gasteiger partial charge in [-0.2, -0.15) is 0 Å². The van der Waals surface area contributed by atoms with Gasteiger partial charge in [0.2, 0.25) is 0 Å². The number of aliphatic hydroxyl groups is 1. The second-order valence-corrected chi connectivity index (χ2v) is 8.14. The van der Waals surface area contributed by atoms with Gasteiger partial charge in [-0.25, -0.2) is 0 Å². The molecular formula is C23H30BrNO. The largest absolute Gasteiger partial charge is 1.00 e. The SMILES string of the molecule is CCC[N+]12CCC(CC1)C(C(O)(c1ccccc1)c1ccccc1)C2.[Br-]. The highest BCUT2D eigenvalue weighted by atomic mass is 79.9. The number of piperidine rings is 3. The molecular weight excluding hydrogens is 386 g/mol. The maximum atomic E-state index is 12.2. The van der Waals surface area contributed by atoms with E-state index >= 15 is 0 Å². The third kappa shape index (κ3) is 3.26. The standard InChI is InChI=1S/C23H30NO.BrH/c1-2-15-24-16-13-19(14-17-24)22(18-24)23(25,20-9-5-3-6-10-20)21-11-7-4-8-12-21;/h3-12,19,22,25H,2,13-18H2,1H3;1H/q+1;/p-1. The normalized spacial score (nSPS) is 27.8. The zero-order chi connectivity index (χ0) is 17.3. The van der Waals surface area contributed by atoms with E-state index in [2.05, 4.69) is 55.5 Å². The van der Waals surface area contributed by atoms with Gasteiger partial charge < -0.3 is 26.6 Å². The van der Waals surface area contributed by atoms with E-state index in [1.165, 1.54) is 43.4 Å². The van der Waals surface area contributed by atoms with Gasteiger partial charge in [-0.05, 0) is 23.5 Å². The van der Waals surface area contributed by atoms with Crippen molar-refractivity contribution in [2.75, 3.05) is 26.2 Å². The van der Waals surface area contributed by atoms with Crippen LogP contribution in [0.25, 0.3) is 0 Å². The summed E-state index contributed by atoms with van der Waals surface area (Å²) in [6.45, 7) is 7.26. The predicted octanol–water partition coefficient (Wildman–Crippen LogP) is 1.19. The van der Waals surface area contributed by atoms with Crippen LogP contribution >= 0.6 is 0 Å². The summed E-state index contributed by atoms with van der Waals surface area (Å²) in [6, 6.07) is 20.7. The summed E-state index contributed by atoms with van der Waals surface area (Å²) in [5, 5.41) is 12.2. The molecule has 2 aromatic rings. The molecule has 1 atom stereocenters. The number of hydrogen-bond acceptors (Lipinski definition) is 1. The third-order valence-corrected chi connectivity index (χ3v) is 6.76. The molecule has 2 nitrogen and oxygen atoms in total. The molecule has 3 heteroatoms. The van der Waals surface area contributed by atoms with E-state index in [0.29, 0.717) is 11.8 Å². The lowest BCUT2D eigenvalue weighted by molar-refractivity contribution is -0.948. The van der Waals surface area contributed by atoms with Crippen molar-refractivity contribution in [1.82, 2.24) is 0 Å². The van der Waals surface area contributed by atoms with Gasteiger partial charge in [0, 0.05) is 18.8 Å². The van der Waals surface area contributed by atoms with Gasteiger partial charge in [0.05, 0.1) is 26.2 Å². The Morgan fingerprint density at radius 2 is 1.42 bits per heavy atom. The number of quaternary nitrogens is 1. The monoisotopic (exact) mass is 415 g/mol. The summed E-state index contributed by atoms with van der Waals surface area (Å²) in [4.78, 5) is 0. The first-order valence-corrected chi connectivity index (χ1v) is 9.86. The summed E-state index contributed by atoms with van der Waals surface area (Å²) in [5.41, 5.74) is 1.22. The van der Waals surface area contributed by atoms with Crippen LogP contribution in [0.2, 0.25) is 0 Å². The molecule has 1 N–H and O–H groups in total. The average Bonchev–Trinajstić information content (AvgIpc) is 2.69. The van der Waals surface area contributed by atoms with Gasteiger partial charge in [-0.1, -0.05) is 67.6 Å². The molecule has 3 heterocycles. The quantitative estimate of drug-likeness (QED) is 0.727. The molecule has 1 unspecified atom stereocenters. The fraction of sp³-hybridized carbons (Fsp3) is 0.478. The lowest BCUT2D eigenvalue weighted by Crippen LogP contribution is -3.00. The van der Waals surface area contributed by atoms with Crippen LogP contribution in [0.4, 0.5) is 0 Å². The summed E-state index contributed by atoms with van der Waals surface area (Å²) in [5.74, 6) is 0.925.